The number of rotatable bonds is 8. The average molecular weight is 397 g/mol. The van der Waals surface area contributed by atoms with Crippen molar-refractivity contribution < 1.29 is 23.2 Å². The first-order valence-electron chi connectivity index (χ1n) is 9.11. The highest BCUT2D eigenvalue weighted by molar-refractivity contribution is 5.83. The van der Waals surface area contributed by atoms with Gasteiger partial charge in [-0.05, 0) is 24.6 Å². The molecular formula is C21H20FN3O4. The molecule has 0 saturated carbocycles. The molecule has 8 heteroatoms. The second-order valence-electron chi connectivity index (χ2n) is 6.35. The van der Waals surface area contributed by atoms with Crippen molar-refractivity contribution in [3.8, 4) is 11.4 Å². The normalized spacial score (nSPS) is 11.7. The summed E-state index contributed by atoms with van der Waals surface area (Å²) in [5, 5.41) is 6.53. The molecule has 1 N–H and O–H groups in total. The molecule has 0 bridgehead atoms. The molecule has 0 radical (unpaired) electrons. The third-order valence-electron chi connectivity index (χ3n) is 4.10. The number of amides is 1. The zero-order valence-corrected chi connectivity index (χ0v) is 15.8. The molecule has 1 atom stereocenters. The fourth-order valence-electron chi connectivity index (χ4n) is 2.51. The predicted octanol–water partition coefficient (Wildman–Crippen LogP) is 3.06. The van der Waals surface area contributed by atoms with Crippen molar-refractivity contribution in [1.82, 2.24) is 15.5 Å². The van der Waals surface area contributed by atoms with Gasteiger partial charge in [0, 0.05) is 18.5 Å². The number of hydrogen-bond donors (Lipinski definition) is 1. The average Bonchev–Trinajstić information content (AvgIpc) is 3.21. The maximum absolute atomic E-state index is 12.9. The van der Waals surface area contributed by atoms with Gasteiger partial charge in [0.05, 0.1) is 6.42 Å². The quantitative estimate of drug-likeness (QED) is 0.587. The Balaban J connectivity index is 1.42. The molecule has 150 valence electrons. The number of hydrogen-bond acceptors (Lipinski definition) is 6. The third kappa shape index (κ3) is 5.97. The zero-order valence-electron chi connectivity index (χ0n) is 15.8. The van der Waals surface area contributed by atoms with E-state index in [-0.39, 0.29) is 25.2 Å². The molecule has 0 saturated heterocycles. The lowest BCUT2D eigenvalue weighted by Gasteiger charge is -2.13. The molecule has 0 fully saturated rings. The van der Waals surface area contributed by atoms with Crippen molar-refractivity contribution in [2.75, 3.05) is 0 Å². The summed E-state index contributed by atoms with van der Waals surface area (Å²) >= 11 is 0. The lowest BCUT2D eigenvalue weighted by Crippen LogP contribution is -2.35. The van der Waals surface area contributed by atoms with E-state index in [4.69, 9.17) is 9.26 Å². The van der Waals surface area contributed by atoms with Gasteiger partial charge in [0.15, 0.2) is 6.10 Å². The molecule has 7 nitrogen and oxygen atoms in total. The molecule has 0 unspecified atom stereocenters. The summed E-state index contributed by atoms with van der Waals surface area (Å²) in [6.07, 6.45) is -0.736. The van der Waals surface area contributed by atoms with E-state index in [0.717, 1.165) is 11.1 Å². The van der Waals surface area contributed by atoms with Crippen LogP contribution in [0, 0.1) is 5.82 Å². The second-order valence-corrected chi connectivity index (χ2v) is 6.35. The van der Waals surface area contributed by atoms with Gasteiger partial charge in [-0.3, -0.25) is 9.59 Å². The lowest BCUT2D eigenvalue weighted by atomic mass is 10.2. The minimum Gasteiger partial charge on any atom is -0.453 e. The number of aryl methyl sites for hydroxylation is 1. The van der Waals surface area contributed by atoms with E-state index < -0.39 is 18.0 Å². The first kappa shape index (κ1) is 20.2. The first-order chi connectivity index (χ1) is 14.0. The van der Waals surface area contributed by atoms with Crippen molar-refractivity contribution >= 4 is 11.9 Å². The Bertz CT molecular complexity index is 958. The fraction of sp³-hybridized carbons (Fsp3) is 0.238. The van der Waals surface area contributed by atoms with Gasteiger partial charge in [-0.15, -0.1) is 0 Å². The van der Waals surface area contributed by atoms with E-state index in [1.807, 2.05) is 30.3 Å². The number of halogens is 1. The van der Waals surface area contributed by atoms with E-state index in [1.54, 1.807) is 12.1 Å². The van der Waals surface area contributed by atoms with Gasteiger partial charge in [0.2, 0.25) is 11.7 Å². The predicted molar refractivity (Wildman–Crippen MR) is 102 cm³/mol. The van der Waals surface area contributed by atoms with Crippen molar-refractivity contribution in [3.05, 3.63) is 71.9 Å². The van der Waals surface area contributed by atoms with Crippen molar-refractivity contribution in [3.63, 3.8) is 0 Å². The van der Waals surface area contributed by atoms with Crippen LogP contribution in [0.25, 0.3) is 11.4 Å². The minimum absolute atomic E-state index is 0.00596. The summed E-state index contributed by atoms with van der Waals surface area (Å²) < 4.78 is 23.2. The van der Waals surface area contributed by atoms with Crippen LogP contribution in [0.4, 0.5) is 4.39 Å². The first-order valence-corrected chi connectivity index (χ1v) is 9.11. The molecule has 1 amide bonds. The van der Waals surface area contributed by atoms with Crippen molar-refractivity contribution in [2.24, 2.45) is 0 Å². The van der Waals surface area contributed by atoms with Gasteiger partial charge in [0.25, 0.3) is 5.91 Å². The SMILES string of the molecule is C[C@H](OC(=O)CCc1nc(-c2ccccc2)no1)C(=O)NCc1ccc(F)cc1. The highest BCUT2D eigenvalue weighted by atomic mass is 19.1. The summed E-state index contributed by atoms with van der Waals surface area (Å²) in [4.78, 5) is 28.3. The van der Waals surface area contributed by atoms with E-state index in [0.29, 0.717) is 11.7 Å². The van der Waals surface area contributed by atoms with Gasteiger partial charge < -0.3 is 14.6 Å². The number of benzene rings is 2. The molecule has 1 heterocycles. The van der Waals surface area contributed by atoms with Crippen LogP contribution in [-0.4, -0.2) is 28.1 Å². The van der Waals surface area contributed by atoms with Gasteiger partial charge >= 0.3 is 5.97 Å². The Kier molecular flexibility index (Phi) is 6.67. The zero-order chi connectivity index (χ0) is 20.6. The molecule has 0 aliphatic heterocycles. The summed E-state index contributed by atoms with van der Waals surface area (Å²) in [6, 6.07) is 15.1. The summed E-state index contributed by atoms with van der Waals surface area (Å²) in [6.45, 7) is 1.70. The van der Waals surface area contributed by atoms with Gasteiger partial charge in [-0.2, -0.15) is 4.98 Å². The van der Waals surface area contributed by atoms with Crippen LogP contribution >= 0.6 is 0 Å². The van der Waals surface area contributed by atoms with Crippen LogP contribution in [0.5, 0.6) is 0 Å². The Labute approximate surface area is 166 Å². The number of carbonyl (C=O) groups excluding carboxylic acids is 2. The maximum atomic E-state index is 12.9. The van der Waals surface area contributed by atoms with E-state index in [1.165, 1.54) is 19.1 Å². The Morgan fingerprint density at radius 3 is 2.59 bits per heavy atom. The highest BCUT2D eigenvalue weighted by Gasteiger charge is 2.18. The second kappa shape index (κ2) is 9.59. The van der Waals surface area contributed by atoms with E-state index in [9.17, 15) is 14.0 Å². The van der Waals surface area contributed by atoms with Crippen LogP contribution < -0.4 is 5.32 Å². The number of esters is 1. The lowest BCUT2D eigenvalue weighted by molar-refractivity contribution is -0.154. The van der Waals surface area contributed by atoms with Crippen LogP contribution in [0.15, 0.2) is 59.1 Å². The van der Waals surface area contributed by atoms with Crippen LogP contribution in [-0.2, 0) is 27.3 Å². The maximum Gasteiger partial charge on any atom is 0.307 e. The fourth-order valence-corrected chi connectivity index (χ4v) is 2.51. The molecule has 1 aromatic heterocycles. The van der Waals surface area contributed by atoms with Crippen LogP contribution in [0.1, 0.15) is 24.8 Å². The largest absolute Gasteiger partial charge is 0.453 e. The molecular weight excluding hydrogens is 377 g/mol. The minimum atomic E-state index is -0.953. The summed E-state index contributed by atoms with van der Waals surface area (Å²) in [5.74, 6) is -0.572. The molecule has 0 aliphatic carbocycles. The monoisotopic (exact) mass is 397 g/mol. The number of nitrogens with one attached hydrogen (secondary N) is 1. The molecule has 2 aromatic carbocycles. The molecule has 0 aliphatic rings. The van der Waals surface area contributed by atoms with Gasteiger partial charge in [-0.25, -0.2) is 4.39 Å². The number of aromatic nitrogens is 2. The Morgan fingerprint density at radius 1 is 1.14 bits per heavy atom. The Morgan fingerprint density at radius 2 is 1.86 bits per heavy atom. The molecule has 3 aromatic rings. The van der Waals surface area contributed by atoms with E-state index >= 15 is 0 Å². The van der Waals surface area contributed by atoms with Crippen molar-refractivity contribution in [1.29, 1.82) is 0 Å². The number of nitrogens with zero attached hydrogens (tertiary/aromatic N) is 2. The van der Waals surface area contributed by atoms with Crippen LogP contribution in [0.3, 0.4) is 0 Å². The molecule has 3 rings (SSSR count). The van der Waals surface area contributed by atoms with Gasteiger partial charge in [0.1, 0.15) is 5.82 Å². The standard InChI is InChI=1S/C21H20FN3O4/c1-14(21(27)23-13-15-7-9-17(22)10-8-15)28-19(26)12-11-18-24-20(25-29-18)16-5-3-2-4-6-16/h2-10,14H,11-13H2,1H3,(H,23,27)/t14-/m0/s1. The van der Waals surface area contributed by atoms with Crippen LogP contribution in [0.2, 0.25) is 0 Å². The molecule has 0 spiro atoms. The highest BCUT2D eigenvalue weighted by Crippen LogP contribution is 2.15. The number of carbonyl (C=O) groups is 2. The van der Waals surface area contributed by atoms with Crippen molar-refractivity contribution in [2.45, 2.75) is 32.4 Å². The Hall–Kier alpha value is -3.55. The smallest absolute Gasteiger partial charge is 0.307 e. The third-order valence-corrected chi connectivity index (χ3v) is 4.10. The molecule has 29 heavy (non-hydrogen) atoms. The van der Waals surface area contributed by atoms with Gasteiger partial charge in [-0.1, -0.05) is 47.6 Å². The topological polar surface area (TPSA) is 94.3 Å². The summed E-state index contributed by atoms with van der Waals surface area (Å²) in [7, 11) is 0. The van der Waals surface area contributed by atoms with E-state index in [2.05, 4.69) is 15.5 Å². The number of ether oxygens (including phenoxy) is 1. The summed E-state index contributed by atoms with van der Waals surface area (Å²) in [5.41, 5.74) is 1.56.